The summed E-state index contributed by atoms with van der Waals surface area (Å²) in [4.78, 5) is 14.9. The Balaban J connectivity index is 1.78. The van der Waals surface area contributed by atoms with Crippen LogP contribution in [0.4, 0.5) is 0 Å². The van der Waals surface area contributed by atoms with E-state index in [2.05, 4.69) is 19.9 Å². The number of carbonyl (C=O) groups is 1. The topological polar surface area (TPSA) is 44.1 Å². The lowest BCUT2D eigenvalue weighted by Crippen LogP contribution is -2.54. The molecule has 4 rings (SSSR count). The first-order chi connectivity index (χ1) is 10.4. The number of nitrogens with zero attached hydrogens (tertiary/aromatic N) is 2. The van der Waals surface area contributed by atoms with Crippen LogP contribution < -0.4 is 0 Å². The third kappa shape index (κ3) is 1.32. The van der Waals surface area contributed by atoms with Crippen LogP contribution in [0.5, 0.6) is 0 Å². The Bertz CT molecular complexity index is 709. The molecule has 4 heteroatoms. The van der Waals surface area contributed by atoms with Gasteiger partial charge in [-0.15, -0.1) is 0 Å². The van der Waals surface area contributed by atoms with Crippen LogP contribution >= 0.6 is 11.6 Å². The first kappa shape index (κ1) is 14.1. The molecule has 22 heavy (non-hydrogen) atoms. The molecule has 1 aromatic carbocycles. The molecule has 2 saturated carbocycles. The molecule has 1 aliphatic heterocycles. The number of carbonyl (C=O) groups excluding carboxylic acids is 1. The zero-order valence-corrected chi connectivity index (χ0v) is 13.7. The largest absolute Gasteiger partial charge is 0.319 e. The van der Waals surface area contributed by atoms with Crippen LogP contribution in [-0.2, 0) is 0 Å². The van der Waals surface area contributed by atoms with Gasteiger partial charge in [0.15, 0.2) is 0 Å². The summed E-state index contributed by atoms with van der Waals surface area (Å²) < 4.78 is 0. The lowest BCUT2D eigenvalue weighted by molar-refractivity contribution is 0.0430. The van der Waals surface area contributed by atoms with Crippen molar-refractivity contribution in [2.24, 2.45) is 16.7 Å². The van der Waals surface area contributed by atoms with Crippen LogP contribution in [0.3, 0.4) is 0 Å². The van der Waals surface area contributed by atoms with E-state index in [1.165, 1.54) is 6.42 Å². The first-order valence-corrected chi connectivity index (χ1v) is 8.25. The highest BCUT2D eigenvalue weighted by Gasteiger charge is 2.78. The Morgan fingerprint density at radius 3 is 2.64 bits per heavy atom. The molecule has 3 nitrogen and oxygen atoms in total. The van der Waals surface area contributed by atoms with Gasteiger partial charge in [-0.2, -0.15) is 5.26 Å². The van der Waals surface area contributed by atoms with Gasteiger partial charge < -0.3 is 4.90 Å². The molecule has 1 heterocycles. The molecule has 1 amide bonds. The van der Waals surface area contributed by atoms with Gasteiger partial charge in [0, 0.05) is 22.5 Å². The number of halogens is 1. The van der Waals surface area contributed by atoms with Crippen molar-refractivity contribution in [3.63, 3.8) is 0 Å². The molecule has 2 aliphatic carbocycles. The Hall–Kier alpha value is -1.53. The standard InChI is InChI=1S/C18H19ClN2O/c1-16-11-21(15(22)12-3-5-14(19)6-4-12)18(10-20)9-13(16)7-8-17(16,18)2/h3-6,13H,7-9,11H2,1-2H3/t13-,16-,17+,18-/m0/s1. The van der Waals surface area contributed by atoms with Gasteiger partial charge in [-0.25, -0.2) is 0 Å². The number of benzene rings is 1. The lowest BCUT2D eigenvalue weighted by Gasteiger charge is -2.43. The van der Waals surface area contributed by atoms with E-state index in [4.69, 9.17) is 11.6 Å². The molecular weight excluding hydrogens is 296 g/mol. The average molecular weight is 315 g/mol. The second kappa shape index (κ2) is 4.06. The molecule has 4 atom stereocenters. The smallest absolute Gasteiger partial charge is 0.255 e. The number of amides is 1. The van der Waals surface area contributed by atoms with Crippen LogP contribution in [0, 0.1) is 28.1 Å². The number of hydrogen-bond donors (Lipinski definition) is 0. The Labute approximate surface area is 135 Å². The van der Waals surface area contributed by atoms with Crippen LogP contribution in [0.2, 0.25) is 5.02 Å². The van der Waals surface area contributed by atoms with Gasteiger partial charge in [0.1, 0.15) is 5.54 Å². The summed E-state index contributed by atoms with van der Waals surface area (Å²) in [7, 11) is 0. The van der Waals surface area contributed by atoms with Crippen LogP contribution in [0.25, 0.3) is 0 Å². The third-order valence-electron chi connectivity index (χ3n) is 7.08. The van der Waals surface area contributed by atoms with Gasteiger partial charge in [0.25, 0.3) is 5.91 Å². The average Bonchev–Trinajstić information content (AvgIpc) is 2.96. The van der Waals surface area contributed by atoms with Gasteiger partial charge in [0.2, 0.25) is 0 Å². The van der Waals surface area contributed by atoms with Gasteiger partial charge in [-0.3, -0.25) is 4.79 Å². The van der Waals surface area contributed by atoms with Gasteiger partial charge >= 0.3 is 0 Å². The predicted molar refractivity (Wildman–Crippen MR) is 84.4 cm³/mol. The minimum Gasteiger partial charge on any atom is -0.319 e. The maximum atomic E-state index is 13.0. The quantitative estimate of drug-likeness (QED) is 0.789. The molecule has 0 spiro atoms. The van der Waals surface area contributed by atoms with E-state index < -0.39 is 5.54 Å². The Morgan fingerprint density at radius 1 is 1.36 bits per heavy atom. The van der Waals surface area contributed by atoms with Crippen LogP contribution in [-0.4, -0.2) is 22.9 Å². The van der Waals surface area contributed by atoms with Crippen molar-refractivity contribution in [2.45, 2.75) is 38.6 Å². The van der Waals surface area contributed by atoms with Crippen molar-refractivity contribution in [2.75, 3.05) is 6.54 Å². The highest BCUT2D eigenvalue weighted by Crippen LogP contribution is 2.75. The molecular formula is C18H19ClN2O. The van der Waals surface area contributed by atoms with E-state index in [0.29, 0.717) is 23.0 Å². The summed E-state index contributed by atoms with van der Waals surface area (Å²) in [6.07, 6.45) is 3.07. The lowest BCUT2D eigenvalue weighted by atomic mass is 9.66. The number of piperidine rings is 1. The molecule has 0 N–H and O–H groups in total. The van der Waals surface area contributed by atoms with E-state index in [0.717, 1.165) is 12.8 Å². The molecule has 114 valence electrons. The van der Waals surface area contributed by atoms with Crippen molar-refractivity contribution < 1.29 is 4.79 Å². The van der Waals surface area contributed by atoms with E-state index in [9.17, 15) is 10.1 Å². The van der Waals surface area contributed by atoms with Gasteiger partial charge in [-0.05, 0) is 54.9 Å². The van der Waals surface area contributed by atoms with Gasteiger partial charge in [-0.1, -0.05) is 25.4 Å². The number of hydrogen-bond acceptors (Lipinski definition) is 2. The highest BCUT2D eigenvalue weighted by molar-refractivity contribution is 6.30. The fraction of sp³-hybridized carbons (Fsp3) is 0.556. The zero-order chi connectivity index (χ0) is 15.8. The predicted octanol–water partition coefficient (Wildman–Crippen LogP) is 3.88. The molecule has 0 aromatic heterocycles. The van der Waals surface area contributed by atoms with Crippen molar-refractivity contribution in [1.29, 1.82) is 5.26 Å². The number of nitriles is 1. The zero-order valence-electron chi connectivity index (χ0n) is 12.9. The summed E-state index contributed by atoms with van der Waals surface area (Å²) in [5.74, 6) is 0.542. The van der Waals surface area contributed by atoms with Crippen LogP contribution in [0.15, 0.2) is 24.3 Å². The fourth-order valence-corrected chi connectivity index (χ4v) is 5.63. The van der Waals surface area contributed by atoms with E-state index >= 15 is 0 Å². The molecule has 1 saturated heterocycles. The minimum atomic E-state index is -0.638. The SMILES string of the molecule is C[C@]12CC[C@H]3C[C@@]1(C#N)N(C(=O)c1ccc(Cl)cc1)C[C@@]32C. The minimum absolute atomic E-state index is 0.0338. The molecule has 0 unspecified atom stereocenters. The molecule has 1 aromatic rings. The van der Waals surface area contributed by atoms with Crippen molar-refractivity contribution in [1.82, 2.24) is 4.90 Å². The van der Waals surface area contributed by atoms with E-state index in [-0.39, 0.29) is 16.7 Å². The Morgan fingerprint density at radius 2 is 2.05 bits per heavy atom. The maximum Gasteiger partial charge on any atom is 0.255 e. The molecule has 4 bridgehead atoms. The summed E-state index contributed by atoms with van der Waals surface area (Å²) in [6, 6.07) is 9.53. The molecule has 3 fully saturated rings. The summed E-state index contributed by atoms with van der Waals surface area (Å²) in [6.45, 7) is 5.19. The van der Waals surface area contributed by atoms with Crippen molar-refractivity contribution >= 4 is 17.5 Å². The summed E-state index contributed by atoms with van der Waals surface area (Å²) in [5, 5.41) is 10.6. The van der Waals surface area contributed by atoms with E-state index in [1.54, 1.807) is 24.3 Å². The summed E-state index contributed by atoms with van der Waals surface area (Å²) in [5.41, 5.74) is -0.0251. The summed E-state index contributed by atoms with van der Waals surface area (Å²) >= 11 is 5.91. The van der Waals surface area contributed by atoms with Crippen molar-refractivity contribution in [3.05, 3.63) is 34.9 Å². The molecule has 0 radical (unpaired) electrons. The number of likely N-dealkylation sites (tertiary alicyclic amines) is 1. The fourth-order valence-electron chi connectivity index (χ4n) is 5.50. The van der Waals surface area contributed by atoms with E-state index in [1.807, 2.05) is 4.90 Å². The highest BCUT2D eigenvalue weighted by atomic mass is 35.5. The monoisotopic (exact) mass is 314 g/mol. The third-order valence-corrected chi connectivity index (χ3v) is 7.33. The molecule has 3 aliphatic rings. The second-order valence-corrected chi connectivity index (χ2v) is 8.00. The number of rotatable bonds is 1. The Kier molecular flexibility index (Phi) is 2.60. The maximum absolute atomic E-state index is 13.0. The first-order valence-electron chi connectivity index (χ1n) is 7.87. The second-order valence-electron chi connectivity index (χ2n) is 7.56. The van der Waals surface area contributed by atoms with Gasteiger partial charge in [0.05, 0.1) is 6.07 Å². The van der Waals surface area contributed by atoms with Crippen molar-refractivity contribution in [3.8, 4) is 6.07 Å². The van der Waals surface area contributed by atoms with Crippen LogP contribution in [0.1, 0.15) is 43.5 Å². The normalized spacial score (nSPS) is 41.7.